The predicted octanol–water partition coefficient (Wildman–Crippen LogP) is 4.84. The highest BCUT2D eigenvalue weighted by molar-refractivity contribution is 6.24. The van der Waals surface area contributed by atoms with Crippen molar-refractivity contribution in [1.29, 1.82) is 0 Å². The Morgan fingerprint density at radius 3 is 2.81 bits per heavy atom. The summed E-state index contributed by atoms with van der Waals surface area (Å²) in [6.45, 7) is 3.62. The van der Waals surface area contributed by atoms with Crippen LogP contribution in [0.15, 0.2) is 60.3 Å². The summed E-state index contributed by atoms with van der Waals surface area (Å²) in [5.41, 5.74) is 3.15. The van der Waals surface area contributed by atoms with Gasteiger partial charge in [0.1, 0.15) is 17.1 Å². The lowest BCUT2D eigenvalue weighted by atomic mass is 10.0. The minimum atomic E-state index is -0.147. The fourth-order valence-electron chi connectivity index (χ4n) is 3.82. The Kier molecular flexibility index (Phi) is 3.15. The summed E-state index contributed by atoms with van der Waals surface area (Å²) in [6, 6.07) is 13.6. The molecule has 1 amide bonds. The number of nitrogens with zero attached hydrogens (tertiary/aromatic N) is 2. The first-order chi connectivity index (χ1) is 13.1. The maximum Gasteiger partial charge on any atom is 0.252 e. The lowest BCUT2D eigenvalue weighted by Crippen LogP contribution is -2.14. The second-order valence-corrected chi connectivity index (χ2v) is 6.72. The number of fused-ring (bicyclic) bond motifs is 3. The SMILES string of the molecule is CC=C(C)C(=O)Nc1cc2cc(O)c3nccc4c5ccccc5n1c2c34. The summed E-state index contributed by atoms with van der Waals surface area (Å²) < 4.78 is 2.04. The van der Waals surface area contributed by atoms with Crippen molar-refractivity contribution in [2.45, 2.75) is 13.8 Å². The number of anilines is 1. The Morgan fingerprint density at radius 2 is 2.00 bits per heavy atom. The minimum Gasteiger partial charge on any atom is -0.506 e. The van der Waals surface area contributed by atoms with Gasteiger partial charge in [-0.2, -0.15) is 0 Å². The topological polar surface area (TPSA) is 66.6 Å². The van der Waals surface area contributed by atoms with Gasteiger partial charge in [-0.25, -0.2) is 0 Å². The zero-order valence-corrected chi connectivity index (χ0v) is 14.9. The van der Waals surface area contributed by atoms with Crippen molar-refractivity contribution in [3.05, 3.63) is 60.3 Å². The molecule has 3 heterocycles. The summed E-state index contributed by atoms with van der Waals surface area (Å²) >= 11 is 0. The lowest BCUT2D eigenvalue weighted by Gasteiger charge is -2.14. The molecule has 0 spiro atoms. The monoisotopic (exact) mass is 355 g/mol. The van der Waals surface area contributed by atoms with Crippen molar-refractivity contribution >= 4 is 49.8 Å². The maximum absolute atomic E-state index is 12.5. The number of hydrogen-bond donors (Lipinski definition) is 2. The van der Waals surface area contributed by atoms with Crippen molar-refractivity contribution in [3.63, 3.8) is 0 Å². The van der Waals surface area contributed by atoms with E-state index in [2.05, 4.69) is 10.3 Å². The van der Waals surface area contributed by atoms with E-state index in [-0.39, 0.29) is 11.7 Å². The van der Waals surface area contributed by atoms with Gasteiger partial charge in [0.15, 0.2) is 0 Å². The lowest BCUT2D eigenvalue weighted by molar-refractivity contribution is -0.112. The number of pyridine rings is 2. The number of carbonyl (C=O) groups is 1. The van der Waals surface area contributed by atoms with Crippen molar-refractivity contribution in [1.82, 2.24) is 9.38 Å². The second-order valence-electron chi connectivity index (χ2n) is 6.72. The van der Waals surface area contributed by atoms with Crippen LogP contribution in [-0.2, 0) is 4.79 Å². The molecule has 0 saturated heterocycles. The van der Waals surface area contributed by atoms with Crippen LogP contribution in [0.2, 0.25) is 0 Å². The molecule has 5 rings (SSSR count). The van der Waals surface area contributed by atoms with Crippen LogP contribution in [0.25, 0.3) is 38.1 Å². The molecule has 2 N–H and O–H groups in total. The molecule has 0 saturated carbocycles. The first kappa shape index (κ1) is 15.6. The molecule has 0 radical (unpaired) electrons. The van der Waals surface area contributed by atoms with E-state index in [9.17, 15) is 9.90 Å². The molecule has 5 aromatic rings. The molecule has 0 unspecified atom stereocenters. The van der Waals surface area contributed by atoms with Gasteiger partial charge in [-0.15, -0.1) is 0 Å². The molecule has 0 aliphatic carbocycles. The molecule has 5 nitrogen and oxygen atoms in total. The predicted molar refractivity (Wildman–Crippen MR) is 109 cm³/mol. The van der Waals surface area contributed by atoms with Crippen molar-refractivity contribution < 1.29 is 9.90 Å². The van der Waals surface area contributed by atoms with Gasteiger partial charge in [0.25, 0.3) is 5.91 Å². The van der Waals surface area contributed by atoms with Crippen LogP contribution >= 0.6 is 0 Å². The number of phenols is 1. The smallest absolute Gasteiger partial charge is 0.252 e. The third kappa shape index (κ3) is 2.05. The largest absolute Gasteiger partial charge is 0.506 e. The Hall–Kier alpha value is -3.60. The second kappa shape index (κ2) is 5.45. The summed E-state index contributed by atoms with van der Waals surface area (Å²) in [5, 5.41) is 17.3. The molecule has 27 heavy (non-hydrogen) atoms. The molecule has 3 aromatic heterocycles. The quantitative estimate of drug-likeness (QED) is 0.270. The van der Waals surface area contributed by atoms with Gasteiger partial charge in [-0.1, -0.05) is 24.3 Å². The van der Waals surface area contributed by atoms with Gasteiger partial charge >= 0.3 is 0 Å². The third-order valence-corrected chi connectivity index (χ3v) is 5.22. The van der Waals surface area contributed by atoms with E-state index >= 15 is 0 Å². The van der Waals surface area contributed by atoms with E-state index < -0.39 is 0 Å². The van der Waals surface area contributed by atoms with E-state index in [0.29, 0.717) is 16.9 Å². The average molecular weight is 355 g/mol. The Morgan fingerprint density at radius 1 is 1.19 bits per heavy atom. The molecule has 132 valence electrons. The first-order valence-corrected chi connectivity index (χ1v) is 8.80. The number of phenolic OH excluding ortho intramolecular Hbond substituents is 1. The van der Waals surface area contributed by atoms with Crippen molar-refractivity contribution in [2.75, 3.05) is 5.32 Å². The summed E-state index contributed by atoms with van der Waals surface area (Å²) in [5.74, 6) is 0.662. The molecule has 0 aliphatic rings. The third-order valence-electron chi connectivity index (χ3n) is 5.22. The van der Waals surface area contributed by atoms with Gasteiger partial charge < -0.3 is 10.4 Å². The van der Waals surface area contributed by atoms with Gasteiger partial charge in [-0.05, 0) is 43.5 Å². The molecule has 0 aliphatic heterocycles. The number of nitrogens with one attached hydrogen (secondary N) is 1. The van der Waals surface area contributed by atoms with E-state index in [0.717, 1.165) is 32.6 Å². The highest BCUT2D eigenvalue weighted by Gasteiger charge is 2.20. The fraction of sp³-hybridized carbons (Fsp3) is 0.0909. The highest BCUT2D eigenvalue weighted by atomic mass is 16.3. The van der Waals surface area contributed by atoms with Crippen LogP contribution in [0.3, 0.4) is 0 Å². The van der Waals surface area contributed by atoms with Crippen LogP contribution in [-0.4, -0.2) is 20.4 Å². The number of aromatic hydroxyl groups is 1. The number of rotatable bonds is 2. The Labute approximate surface area is 154 Å². The van der Waals surface area contributed by atoms with E-state index in [1.54, 1.807) is 25.3 Å². The standard InChI is InChI=1S/C22H17N3O2/c1-3-12(2)22(27)24-18-11-13-10-17(26)20-19-15(8-9-23-20)14-6-4-5-7-16(14)25(18)21(13)19/h3-11,26H,1-2H3,(H,24,27). The number of aromatic nitrogens is 2. The van der Waals surface area contributed by atoms with Crippen molar-refractivity contribution in [3.8, 4) is 5.75 Å². The first-order valence-electron chi connectivity index (χ1n) is 8.80. The van der Waals surface area contributed by atoms with Crippen molar-refractivity contribution in [2.24, 2.45) is 0 Å². The van der Waals surface area contributed by atoms with Crippen LogP contribution < -0.4 is 5.32 Å². The summed E-state index contributed by atoms with van der Waals surface area (Å²) in [4.78, 5) is 16.9. The molecular weight excluding hydrogens is 338 g/mol. The molecule has 0 fully saturated rings. The fourth-order valence-corrected chi connectivity index (χ4v) is 3.82. The molecule has 0 bridgehead atoms. The van der Waals surface area contributed by atoms with E-state index in [1.807, 2.05) is 47.7 Å². The number of carbonyl (C=O) groups excluding carboxylic acids is 1. The van der Waals surface area contributed by atoms with E-state index in [1.165, 1.54) is 0 Å². The number of benzene rings is 2. The Balaban J connectivity index is 1.99. The molecule has 5 heteroatoms. The Bertz CT molecular complexity index is 1400. The summed E-state index contributed by atoms with van der Waals surface area (Å²) in [7, 11) is 0. The molecule has 0 atom stereocenters. The normalized spacial score (nSPS) is 12.6. The van der Waals surface area contributed by atoms with Gasteiger partial charge in [-0.3, -0.25) is 14.2 Å². The van der Waals surface area contributed by atoms with Crippen LogP contribution in [0.1, 0.15) is 13.8 Å². The summed E-state index contributed by atoms with van der Waals surface area (Å²) in [6.07, 6.45) is 3.50. The number of allylic oxidation sites excluding steroid dienone is 1. The average Bonchev–Trinajstić information content (AvgIpc) is 3.05. The van der Waals surface area contributed by atoms with Crippen LogP contribution in [0.5, 0.6) is 5.75 Å². The maximum atomic E-state index is 12.5. The number of amides is 1. The van der Waals surface area contributed by atoms with Crippen LogP contribution in [0.4, 0.5) is 5.82 Å². The van der Waals surface area contributed by atoms with Gasteiger partial charge in [0.2, 0.25) is 0 Å². The number of para-hydroxylation sites is 1. The van der Waals surface area contributed by atoms with E-state index in [4.69, 9.17) is 0 Å². The minimum absolute atomic E-state index is 0.137. The van der Waals surface area contributed by atoms with Gasteiger partial charge in [0, 0.05) is 27.9 Å². The molecule has 2 aromatic carbocycles. The van der Waals surface area contributed by atoms with Gasteiger partial charge in [0.05, 0.1) is 11.0 Å². The van der Waals surface area contributed by atoms with Crippen LogP contribution in [0, 0.1) is 0 Å². The zero-order valence-electron chi connectivity index (χ0n) is 14.9. The zero-order chi connectivity index (χ0) is 18.7. The number of hydrogen-bond acceptors (Lipinski definition) is 3. The molecular formula is C22H17N3O2. The highest BCUT2D eigenvalue weighted by Crippen LogP contribution is 2.41.